The van der Waals surface area contributed by atoms with Crippen LogP contribution in [0.1, 0.15) is 34.8 Å². The molecular weight excluding hydrogens is 204 g/mol. The summed E-state index contributed by atoms with van der Waals surface area (Å²) in [5.74, 6) is -0.127. The molecule has 0 atom stereocenters. The number of hydrogen-bond acceptors (Lipinski definition) is 3. The fourth-order valence-corrected chi connectivity index (χ4v) is 2.04. The molecule has 0 radical (unpaired) electrons. The summed E-state index contributed by atoms with van der Waals surface area (Å²) in [7, 11) is 0. The largest absolute Gasteiger partial charge is 0.462 e. The van der Waals surface area contributed by atoms with Crippen LogP contribution < -0.4 is 0 Å². The van der Waals surface area contributed by atoms with Crippen LogP contribution in [-0.2, 0) is 22.4 Å². The number of hydrogen-bond donors (Lipinski definition) is 0. The summed E-state index contributed by atoms with van der Waals surface area (Å²) in [4.78, 5) is 23.1. The third-order valence-corrected chi connectivity index (χ3v) is 2.82. The molecule has 0 heterocycles. The lowest BCUT2D eigenvalue weighted by atomic mass is 9.87. The highest BCUT2D eigenvalue weighted by atomic mass is 16.5. The molecule has 0 saturated heterocycles. The monoisotopic (exact) mass is 218 g/mol. The van der Waals surface area contributed by atoms with Gasteiger partial charge in [0.25, 0.3) is 0 Å². The van der Waals surface area contributed by atoms with E-state index in [-0.39, 0.29) is 11.8 Å². The lowest BCUT2D eigenvalue weighted by molar-refractivity contribution is -0.118. The van der Waals surface area contributed by atoms with Gasteiger partial charge in [-0.15, -0.1) is 0 Å². The summed E-state index contributed by atoms with van der Waals surface area (Å²) in [6.07, 6.45) is 1.69. The van der Waals surface area contributed by atoms with Crippen molar-refractivity contribution in [2.24, 2.45) is 0 Å². The second kappa shape index (κ2) is 4.47. The van der Waals surface area contributed by atoms with Gasteiger partial charge in [-0.3, -0.25) is 4.79 Å². The summed E-state index contributed by atoms with van der Waals surface area (Å²) in [6, 6.07) is 5.56. The maximum Gasteiger partial charge on any atom is 0.338 e. The van der Waals surface area contributed by atoms with Crippen LogP contribution in [-0.4, -0.2) is 18.4 Å². The predicted octanol–water partition coefficient (Wildman–Crippen LogP) is 1.92. The van der Waals surface area contributed by atoms with Gasteiger partial charge in [-0.05, 0) is 30.5 Å². The Balaban J connectivity index is 2.39. The molecule has 0 unspecified atom stereocenters. The number of esters is 1. The minimum absolute atomic E-state index is 0.198. The molecule has 1 aliphatic rings. The Hall–Kier alpha value is -1.64. The Morgan fingerprint density at radius 3 is 2.94 bits per heavy atom. The zero-order valence-electron chi connectivity index (χ0n) is 9.29. The molecule has 1 aromatic rings. The van der Waals surface area contributed by atoms with Crippen molar-refractivity contribution < 1.29 is 14.3 Å². The van der Waals surface area contributed by atoms with E-state index in [4.69, 9.17) is 4.74 Å². The van der Waals surface area contributed by atoms with Crippen LogP contribution >= 0.6 is 0 Å². The quantitative estimate of drug-likeness (QED) is 0.712. The van der Waals surface area contributed by atoms with E-state index in [9.17, 15) is 9.59 Å². The van der Waals surface area contributed by atoms with Crippen molar-refractivity contribution >= 4 is 11.8 Å². The smallest absolute Gasteiger partial charge is 0.338 e. The summed E-state index contributed by atoms with van der Waals surface area (Å²) in [6.45, 7) is 2.13. The van der Waals surface area contributed by atoms with E-state index in [1.165, 1.54) is 0 Å². The van der Waals surface area contributed by atoms with Gasteiger partial charge in [-0.25, -0.2) is 4.79 Å². The molecule has 3 heteroatoms. The number of ketones is 1. The van der Waals surface area contributed by atoms with Gasteiger partial charge >= 0.3 is 5.97 Å². The number of Topliss-reactive ketones (excluding diaryl/α,β-unsaturated/α-hetero) is 1. The summed E-state index contributed by atoms with van der Waals surface area (Å²) < 4.78 is 4.98. The second-order valence-electron chi connectivity index (χ2n) is 3.88. The normalized spacial score (nSPS) is 14.4. The summed E-state index contributed by atoms with van der Waals surface area (Å²) in [5, 5.41) is 0. The summed E-state index contributed by atoms with van der Waals surface area (Å²) >= 11 is 0. The first kappa shape index (κ1) is 10.9. The van der Waals surface area contributed by atoms with E-state index in [1.807, 2.05) is 12.1 Å². The highest BCUT2D eigenvalue weighted by molar-refractivity contribution is 5.94. The predicted molar refractivity (Wildman–Crippen MR) is 59.4 cm³/mol. The van der Waals surface area contributed by atoms with Gasteiger partial charge in [-0.1, -0.05) is 12.1 Å². The number of aryl methyl sites for hydroxylation is 1. The van der Waals surface area contributed by atoms with Crippen molar-refractivity contribution in [3.63, 3.8) is 0 Å². The van der Waals surface area contributed by atoms with Crippen LogP contribution in [0.2, 0.25) is 0 Å². The second-order valence-corrected chi connectivity index (χ2v) is 3.88. The van der Waals surface area contributed by atoms with Crippen LogP contribution in [0.25, 0.3) is 0 Å². The zero-order chi connectivity index (χ0) is 11.5. The number of rotatable bonds is 2. The van der Waals surface area contributed by atoms with Crippen LogP contribution in [0.3, 0.4) is 0 Å². The number of benzene rings is 1. The van der Waals surface area contributed by atoms with Crippen molar-refractivity contribution in [3.05, 3.63) is 34.9 Å². The fraction of sp³-hybridized carbons (Fsp3) is 0.385. The molecule has 0 amide bonds. The van der Waals surface area contributed by atoms with E-state index < -0.39 is 0 Å². The molecule has 0 fully saturated rings. The maximum absolute atomic E-state index is 11.7. The maximum atomic E-state index is 11.7. The Bertz CT molecular complexity index is 435. The van der Waals surface area contributed by atoms with Gasteiger partial charge in [0.15, 0.2) is 0 Å². The summed E-state index contributed by atoms with van der Waals surface area (Å²) in [5.41, 5.74) is 2.51. The number of carbonyl (C=O) groups excluding carboxylic acids is 2. The molecule has 0 N–H and O–H groups in total. The zero-order valence-corrected chi connectivity index (χ0v) is 9.29. The number of fused-ring (bicyclic) bond motifs is 1. The van der Waals surface area contributed by atoms with Crippen molar-refractivity contribution in [2.45, 2.75) is 26.2 Å². The Morgan fingerprint density at radius 1 is 1.38 bits per heavy atom. The minimum Gasteiger partial charge on any atom is -0.462 e. The van der Waals surface area contributed by atoms with Gasteiger partial charge in [0.1, 0.15) is 5.78 Å². The molecule has 0 aliphatic heterocycles. The Kier molecular flexibility index (Phi) is 3.04. The Labute approximate surface area is 94.4 Å². The van der Waals surface area contributed by atoms with E-state index in [2.05, 4.69) is 0 Å². The van der Waals surface area contributed by atoms with Gasteiger partial charge < -0.3 is 4.74 Å². The fourth-order valence-electron chi connectivity index (χ4n) is 2.04. The third kappa shape index (κ3) is 1.98. The molecule has 0 spiro atoms. The molecule has 1 aliphatic carbocycles. The standard InChI is InChI=1S/C13H14O3/c1-2-16-13(15)11-5-3-4-9-6-7-10(14)8-12(9)11/h3-5H,2,6-8H2,1H3. The molecule has 3 nitrogen and oxygen atoms in total. The molecule has 0 aromatic heterocycles. The van der Waals surface area contributed by atoms with Crippen LogP contribution in [0.5, 0.6) is 0 Å². The number of ether oxygens (including phenoxy) is 1. The van der Waals surface area contributed by atoms with E-state index in [0.717, 1.165) is 17.5 Å². The SMILES string of the molecule is CCOC(=O)c1cccc2c1CC(=O)CC2. The molecule has 0 saturated carbocycles. The van der Waals surface area contributed by atoms with Crippen molar-refractivity contribution in [1.29, 1.82) is 0 Å². The molecule has 1 aromatic carbocycles. The van der Waals surface area contributed by atoms with Crippen molar-refractivity contribution in [1.82, 2.24) is 0 Å². The van der Waals surface area contributed by atoms with Gasteiger partial charge in [-0.2, -0.15) is 0 Å². The molecule has 0 bridgehead atoms. The van der Waals surface area contributed by atoms with Crippen LogP contribution in [0, 0.1) is 0 Å². The minimum atomic E-state index is -0.325. The van der Waals surface area contributed by atoms with Gasteiger partial charge in [0.2, 0.25) is 0 Å². The lowest BCUT2D eigenvalue weighted by Gasteiger charge is -2.17. The third-order valence-electron chi connectivity index (χ3n) is 2.82. The topological polar surface area (TPSA) is 43.4 Å². The van der Waals surface area contributed by atoms with E-state index >= 15 is 0 Å². The van der Waals surface area contributed by atoms with E-state index in [1.54, 1.807) is 13.0 Å². The number of carbonyl (C=O) groups is 2. The molecular formula is C13H14O3. The first-order valence-corrected chi connectivity index (χ1v) is 5.52. The van der Waals surface area contributed by atoms with Crippen LogP contribution in [0.4, 0.5) is 0 Å². The lowest BCUT2D eigenvalue weighted by Crippen LogP contribution is -2.18. The van der Waals surface area contributed by atoms with Crippen molar-refractivity contribution in [3.8, 4) is 0 Å². The molecule has 2 rings (SSSR count). The van der Waals surface area contributed by atoms with Crippen LogP contribution in [0.15, 0.2) is 18.2 Å². The highest BCUT2D eigenvalue weighted by Gasteiger charge is 2.21. The highest BCUT2D eigenvalue weighted by Crippen LogP contribution is 2.23. The first-order chi connectivity index (χ1) is 7.72. The van der Waals surface area contributed by atoms with Gasteiger partial charge in [0, 0.05) is 12.8 Å². The molecule has 16 heavy (non-hydrogen) atoms. The average molecular weight is 218 g/mol. The van der Waals surface area contributed by atoms with Crippen molar-refractivity contribution in [2.75, 3.05) is 6.61 Å². The van der Waals surface area contributed by atoms with Gasteiger partial charge in [0.05, 0.1) is 12.2 Å². The van der Waals surface area contributed by atoms with E-state index in [0.29, 0.717) is 25.0 Å². The average Bonchev–Trinajstić information content (AvgIpc) is 2.28. The first-order valence-electron chi connectivity index (χ1n) is 5.52. The Morgan fingerprint density at radius 2 is 2.19 bits per heavy atom. The molecule has 84 valence electrons.